The SMILES string of the molecule is O=C(O)C[C@H](NCCN[C@@H](CC(=O)O)C(=O)O)C(=O)O.[Na+]. The van der Waals surface area contributed by atoms with Crippen molar-refractivity contribution in [2.45, 2.75) is 24.9 Å². The minimum absolute atomic E-state index is 0. The van der Waals surface area contributed by atoms with Crippen molar-refractivity contribution in [3.8, 4) is 0 Å². The van der Waals surface area contributed by atoms with Crippen molar-refractivity contribution in [3.05, 3.63) is 0 Å². The quantitative estimate of drug-likeness (QED) is 0.160. The molecule has 0 aliphatic carbocycles. The number of hydrogen-bond acceptors (Lipinski definition) is 6. The molecule has 0 aliphatic rings. The third-order valence-electron chi connectivity index (χ3n) is 2.26. The van der Waals surface area contributed by atoms with Crippen molar-refractivity contribution in [2.75, 3.05) is 13.1 Å². The Bertz CT molecular complexity index is 353. The maximum absolute atomic E-state index is 10.7. The Labute approximate surface area is 141 Å². The van der Waals surface area contributed by atoms with Crippen LogP contribution in [0.5, 0.6) is 0 Å². The van der Waals surface area contributed by atoms with E-state index in [1.165, 1.54) is 0 Å². The number of rotatable bonds is 11. The molecule has 11 heteroatoms. The standard InChI is InChI=1S/C10H16N2O8.Na/c13-7(14)3-5(9(17)18)11-1-2-12-6(10(19)20)4-8(15)16;/h5-6,11-12H,1-4H2,(H,13,14)(H,15,16)(H,17,18)(H,19,20);/q;+1/t5-,6-;/m0./s1. The molecule has 0 bridgehead atoms. The van der Waals surface area contributed by atoms with Crippen LogP contribution in [0.2, 0.25) is 0 Å². The van der Waals surface area contributed by atoms with Gasteiger partial charge in [0.2, 0.25) is 0 Å². The van der Waals surface area contributed by atoms with Gasteiger partial charge in [-0.05, 0) is 0 Å². The Morgan fingerprint density at radius 1 is 0.714 bits per heavy atom. The molecule has 0 aliphatic heterocycles. The van der Waals surface area contributed by atoms with Gasteiger partial charge in [-0.15, -0.1) is 0 Å². The van der Waals surface area contributed by atoms with E-state index < -0.39 is 48.8 Å². The molecular formula is C10H16N2NaO8+. The van der Waals surface area contributed by atoms with E-state index in [4.69, 9.17) is 20.4 Å². The predicted octanol–water partition coefficient (Wildman–Crippen LogP) is -4.97. The molecule has 0 aromatic heterocycles. The Balaban J connectivity index is 0. The van der Waals surface area contributed by atoms with Crippen LogP contribution in [0.4, 0.5) is 0 Å². The number of nitrogens with one attached hydrogen (secondary N) is 2. The summed E-state index contributed by atoms with van der Waals surface area (Å²) in [6.07, 6.45) is -1.24. The van der Waals surface area contributed by atoms with E-state index in [0.717, 1.165) is 0 Å². The minimum Gasteiger partial charge on any atom is -0.481 e. The van der Waals surface area contributed by atoms with E-state index in [1.54, 1.807) is 0 Å². The van der Waals surface area contributed by atoms with Crippen molar-refractivity contribution in [3.63, 3.8) is 0 Å². The monoisotopic (exact) mass is 315 g/mol. The van der Waals surface area contributed by atoms with Crippen molar-refractivity contribution < 1.29 is 69.2 Å². The zero-order chi connectivity index (χ0) is 15.7. The normalized spacial score (nSPS) is 12.8. The molecule has 0 rings (SSSR count). The van der Waals surface area contributed by atoms with Gasteiger partial charge in [0.25, 0.3) is 0 Å². The summed E-state index contributed by atoms with van der Waals surface area (Å²) in [5, 5.41) is 39.2. The fourth-order valence-corrected chi connectivity index (χ4v) is 1.34. The van der Waals surface area contributed by atoms with E-state index in [2.05, 4.69) is 10.6 Å². The molecule has 0 fully saturated rings. The van der Waals surface area contributed by atoms with E-state index in [0.29, 0.717) is 0 Å². The summed E-state index contributed by atoms with van der Waals surface area (Å²) in [5.41, 5.74) is 0. The molecule has 0 aromatic carbocycles. The maximum atomic E-state index is 10.7. The van der Waals surface area contributed by atoms with Gasteiger partial charge < -0.3 is 31.1 Å². The number of hydrogen-bond donors (Lipinski definition) is 6. The second-order valence-electron chi connectivity index (χ2n) is 3.89. The van der Waals surface area contributed by atoms with Crippen LogP contribution in [0.25, 0.3) is 0 Å². The molecule has 0 spiro atoms. The zero-order valence-electron chi connectivity index (χ0n) is 11.4. The molecule has 0 heterocycles. The number of aliphatic carboxylic acids is 4. The maximum Gasteiger partial charge on any atom is 1.00 e. The van der Waals surface area contributed by atoms with E-state index in [-0.39, 0.29) is 42.6 Å². The van der Waals surface area contributed by atoms with Gasteiger partial charge in [0.15, 0.2) is 0 Å². The fraction of sp³-hybridized carbons (Fsp3) is 0.600. The summed E-state index contributed by atoms with van der Waals surface area (Å²) >= 11 is 0. The smallest absolute Gasteiger partial charge is 0.481 e. The molecule has 0 amide bonds. The molecule has 0 unspecified atom stereocenters. The average molecular weight is 315 g/mol. The third-order valence-corrected chi connectivity index (χ3v) is 2.26. The molecule has 2 atom stereocenters. The summed E-state index contributed by atoms with van der Waals surface area (Å²) in [6.45, 7) is -0.0404. The van der Waals surface area contributed by atoms with Crippen LogP contribution in [-0.4, -0.2) is 69.5 Å². The van der Waals surface area contributed by atoms with Crippen LogP contribution in [0, 0.1) is 0 Å². The fourth-order valence-electron chi connectivity index (χ4n) is 1.34. The van der Waals surface area contributed by atoms with Gasteiger partial charge in [-0.3, -0.25) is 19.2 Å². The van der Waals surface area contributed by atoms with Gasteiger partial charge >= 0.3 is 53.4 Å². The Morgan fingerprint density at radius 3 is 1.19 bits per heavy atom. The first-order chi connectivity index (χ1) is 9.23. The van der Waals surface area contributed by atoms with Crippen LogP contribution in [0.1, 0.15) is 12.8 Å². The summed E-state index contributed by atoms with van der Waals surface area (Å²) < 4.78 is 0. The summed E-state index contributed by atoms with van der Waals surface area (Å²) in [4.78, 5) is 42.2. The second kappa shape index (κ2) is 11.5. The van der Waals surface area contributed by atoms with Gasteiger partial charge in [-0.25, -0.2) is 0 Å². The van der Waals surface area contributed by atoms with Gasteiger partial charge in [-0.1, -0.05) is 0 Å². The Kier molecular flexibility index (Phi) is 12.1. The average Bonchev–Trinajstić information content (AvgIpc) is 2.29. The molecule has 0 saturated heterocycles. The molecule has 21 heavy (non-hydrogen) atoms. The van der Waals surface area contributed by atoms with Crippen molar-refractivity contribution in [1.82, 2.24) is 10.6 Å². The second-order valence-corrected chi connectivity index (χ2v) is 3.89. The Morgan fingerprint density at radius 2 is 1.00 bits per heavy atom. The Hall–Kier alpha value is -1.20. The third kappa shape index (κ3) is 11.2. The van der Waals surface area contributed by atoms with Gasteiger partial charge in [0.05, 0.1) is 12.8 Å². The zero-order valence-corrected chi connectivity index (χ0v) is 13.4. The molecule has 0 saturated carbocycles. The first kappa shape index (κ1) is 22.1. The summed E-state index contributed by atoms with van der Waals surface area (Å²) in [5.74, 6) is -5.25. The molecule has 0 aromatic rings. The van der Waals surface area contributed by atoms with E-state index >= 15 is 0 Å². The van der Waals surface area contributed by atoms with Crippen LogP contribution in [0.3, 0.4) is 0 Å². The van der Waals surface area contributed by atoms with Gasteiger partial charge in [-0.2, -0.15) is 0 Å². The number of carbonyl (C=O) groups is 4. The largest absolute Gasteiger partial charge is 1.00 e. The molecular weight excluding hydrogens is 299 g/mol. The van der Waals surface area contributed by atoms with Crippen LogP contribution in [-0.2, 0) is 19.2 Å². The van der Waals surface area contributed by atoms with Gasteiger partial charge in [0, 0.05) is 13.1 Å². The van der Waals surface area contributed by atoms with Crippen molar-refractivity contribution in [2.24, 2.45) is 0 Å². The summed E-state index contributed by atoms with van der Waals surface area (Å²) in [6, 6.07) is -2.59. The molecule has 10 nitrogen and oxygen atoms in total. The molecule has 0 radical (unpaired) electrons. The summed E-state index contributed by atoms with van der Waals surface area (Å²) in [7, 11) is 0. The minimum atomic E-state index is -1.34. The van der Waals surface area contributed by atoms with Crippen LogP contribution >= 0.6 is 0 Å². The molecule has 114 valence electrons. The van der Waals surface area contributed by atoms with Crippen molar-refractivity contribution >= 4 is 23.9 Å². The van der Waals surface area contributed by atoms with Crippen LogP contribution in [0.15, 0.2) is 0 Å². The topological polar surface area (TPSA) is 173 Å². The van der Waals surface area contributed by atoms with Crippen molar-refractivity contribution in [1.29, 1.82) is 0 Å². The van der Waals surface area contributed by atoms with Crippen LogP contribution < -0.4 is 40.2 Å². The first-order valence-corrected chi connectivity index (χ1v) is 5.60. The first-order valence-electron chi connectivity index (χ1n) is 5.60. The predicted molar refractivity (Wildman–Crippen MR) is 63.4 cm³/mol. The molecule has 6 N–H and O–H groups in total. The number of carboxylic acids is 4. The van der Waals surface area contributed by atoms with Gasteiger partial charge in [0.1, 0.15) is 12.1 Å². The number of carboxylic acid groups (broad SMARTS) is 4. The van der Waals surface area contributed by atoms with E-state index in [9.17, 15) is 19.2 Å². The van der Waals surface area contributed by atoms with E-state index in [1.807, 2.05) is 0 Å².